The molecule has 4 fully saturated rings. The van der Waals surface area contributed by atoms with Crippen molar-refractivity contribution in [3.8, 4) is 0 Å². The van der Waals surface area contributed by atoms with Crippen LogP contribution in [0.15, 0.2) is 6.33 Å². The number of imidazole rings is 1. The summed E-state index contributed by atoms with van der Waals surface area (Å²) >= 11 is 0. The summed E-state index contributed by atoms with van der Waals surface area (Å²) in [5.74, 6) is 6.24. The van der Waals surface area contributed by atoms with Gasteiger partial charge in [0.1, 0.15) is 5.82 Å². The second-order valence-electron chi connectivity index (χ2n) is 7.92. The molecule has 0 radical (unpaired) electrons. The lowest BCUT2D eigenvalue weighted by molar-refractivity contribution is -0.0428. The van der Waals surface area contributed by atoms with E-state index in [0.29, 0.717) is 5.92 Å². The highest BCUT2D eigenvalue weighted by Crippen LogP contribution is 2.56. The van der Waals surface area contributed by atoms with Crippen molar-refractivity contribution in [1.82, 2.24) is 9.55 Å². The molecule has 110 valence electrons. The number of rotatable bonds is 3. The second-order valence-corrected chi connectivity index (χ2v) is 7.92. The predicted octanol–water partition coefficient (Wildman–Crippen LogP) is 3.66. The average Bonchev–Trinajstić information content (AvgIpc) is 2.74. The minimum atomic E-state index is 0.426. The molecular formula is C17H27N3. The SMILES string of the molecule is CC(C)c1ncn(CC2C3CC4CC(C3)CC2C4)c1N. The number of nitrogen functional groups attached to an aromatic ring is 1. The maximum Gasteiger partial charge on any atom is 0.126 e. The molecule has 0 saturated heterocycles. The summed E-state index contributed by atoms with van der Waals surface area (Å²) in [6, 6.07) is 0. The smallest absolute Gasteiger partial charge is 0.126 e. The van der Waals surface area contributed by atoms with E-state index in [-0.39, 0.29) is 0 Å². The molecule has 2 N–H and O–H groups in total. The lowest BCUT2D eigenvalue weighted by Gasteiger charge is -2.54. The highest BCUT2D eigenvalue weighted by Gasteiger charge is 2.48. The van der Waals surface area contributed by atoms with Crippen LogP contribution in [0.4, 0.5) is 5.82 Å². The Balaban J connectivity index is 1.55. The van der Waals surface area contributed by atoms with Crippen molar-refractivity contribution in [2.24, 2.45) is 29.6 Å². The molecule has 3 nitrogen and oxygen atoms in total. The lowest BCUT2D eigenvalue weighted by atomic mass is 9.52. The highest BCUT2D eigenvalue weighted by atomic mass is 15.1. The quantitative estimate of drug-likeness (QED) is 0.913. The van der Waals surface area contributed by atoms with Gasteiger partial charge in [-0.15, -0.1) is 0 Å². The van der Waals surface area contributed by atoms with Crippen molar-refractivity contribution in [3.63, 3.8) is 0 Å². The third kappa shape index (κ3) is 1.89. The van der Waals surface area contributed by atoms with Crippen molar-refractivity contribution in [3.05, 3.63) is 12.0 Å². The van der Waals surface area contributed by atoms with Crippen molar-refractivity contribution in [2.75, 3.05) is 5.73 Å². The number of aromatic nitrogens is 2. The summed E-state index contributed by atoms with van der Waals surface area (Å²) in [4.78, 5) is 4.54. The van der Waals surface area contributed by atoms with Crippen LogP contribution in [0.3, 0.4) is 0 Å². The zero-order valence-corrected chi connectivity index (χ0v) is 12.8. The number of nitrogens with two attached hydrogens (primary N) is 1. The molecule has 1 aromatic rings. The fourth-order valence-electron chi connectivity index (χ4n) is 5.56. The Hall–Kier alpha value is -0.990. The summed E-state index contributed by atoms with van der Waals surface area (Å²) in [6.07, 6.45) is 9.47. The first kappa shape index (κ1) is 12.7. The Kier molecular flexibility index (Phi) is 2.87. The Morgan fingerprint density at radius 1 is 1.15 bits per heavy atom. The van der Waals surface area contributed by atoms with Crippen LogP contribution < -0.4 is 5.73 Å². The monoisotopic (exact) mass is 273 g/mol. The normalized spacial score (nSPS) is 38.9. The van der Waals surface area contributed by atoms with Gasteiger partial charge < -0.3 is 10.3 Å². The zero-order valence-electron chi connectivity index (χ0n) is 12.8. The van der Waals surface area contributed by atoms with Crippen LogP contribution in [-0.4, -0.2) is 9.55 Å². The van der Waals surface area contributed by atoms with Gasteiger partial charge in [-0.3, -0.25) is 0 Å². The first-order chi connectivity index (χ1) is 9.61. The van der Waals surface area contributed by atoms with Gasteiger partial charge in [0.05, 0.1) is 12.0 Å². The van der Waals surface area contributed by atoms with Gasteiger partial charge in [-0.25, -0.2) is 4.98 Å². The maximum absolute atomic E-state index is 6.31. The van der Waals surface area contributed by atoms with E-state index in [1.165, 1.54) is 32.1 Å². The maximum atomic E-state index is 6.31. The molecule has 4 saturated carbocycles. The number of anilines is 1. The van der Waals surface area contributed by atoms with Gasteiger partial charge >= 0.3 is 0 Å². The standard InChI is InChI=1S/C17H27N3/c1-10(2)16-17(18)20(9-19-16)8-15-13-4-11-3-12(6-13)7-14(15)5-11/h9-15H,3-8,18H2,1-2H3. The molecule has 4 bridgehead atoms. The molecule has 1 heterocycles. The molecular weight excluding hydrogens is 246 g/mol. The Labute approximate surface area is 122 Å². The van der Waals surface area contributed by atoms with Crippen molar-refractivity contribution in [1.29, 1.82) is 0 Å². The fourth-order valence-corrected chi connectivity index (χ4v) is 5.56. The highest BCUT2D eigenvalue weighted by molar-refractivity contribution is 5.38. The molecule has 0 spiro atoms. The molecule has 0 aliphatic heterocycles. The molecule has 20 heavy (non-hydrogen) atoms. The van der Waals surface area contributed by atoms with Crippen molar-refractivity contribution < 1.29 is 0 Å². The number of hydrogen-bond donors (Lipinski definition) is 1. The molecule has 4 aliphatic rings. The summed E-state index contributed by atoms with van der Waals surface area (Å²) in [6.45, 7) is 5.46. The van der Waals surface area contributed by atoms with E-state index in [2.05, 4.69) is 23.4 Å². The fraction of sp³-hybridized carbons (Fsp3) is 0.824. The van der Waals surface area contributed by atoms with Gasteiger partial charge in [0.15, 0.2) is 0 Å². The van der Waals surface area contributed by atoms with E-state index >= 15 is 0 Å². The van der Waals surface area contributed by atoms with Gasteiger partial charge in [-0.2, -0.15) is 0 Å². The average molecular weight is 273 g/mol. The first-order valence-corrected chi connectivity index (χ1v) is 8.42. The minimum Gasteiger partial charge on any atom is -0.384 e. The molecule has 0 amide bonds. The summed E-state index contributed by atoms with van der Waals surface area (Å²) < 4.78 is 2.24. The van der Waals surface area contributed by atoms with Gasteiger partial charge in [-0.05, 0) is 67.6 Å². The van der Waals surface area contributed by atoms with Crippen molar-refractivity contribution >= 4 is 5.82 Å². The van der Waals surface area contributed by atoms with Crippen LogP contribution in [0.2, 0.25) is 0 Å². The van der Waals surface area contributed by atoms with E-state index in [0.717, 1.165) is 47.6 Å². The Morgan fingerprint density at radius 2 is 1.75 bits per heavy atom. The molecule has 0 atom stereocenters. The molecule has 4 aliphatic carbocycles. The third-order valence-corrected chi connectivity index (χ3v) is 6.28. The van der Waals surface area contributed by atoms with E-state index in [1.807, 2.05) is 6.33 Å². The van der Waals surface area contributed by atoms with Crippen LogP contribution in [0.1, 0.15) is 57.6 Å². The lowest BCUT2D eigenvalue weighted by Crippen LogP contribution is -2.46. The number of hydrogen-bond acceptors (Lipinski definition) is 2. The molecule has 5 rings (SSSR count). The number of nitrogens with zero attached hydrogens (tertiary/aromatic N) is 2. The Morgan fingerprint density at radius 3 is 2.25 bits per heavy atom. The third-order valence-electron chi connectivity index (χ3n) is 6.28. The van der Waals surface area contributed by atoms with Gasteiger partial charge in [-0.1, -0.05) is 13.8 Å². The van der Waals surface area contributed by atoms with E-state index < -0.39 is 0 Å². The van der Waals surface area contributed by atoms with E-state index in [9.17, 15) is 0 Å². The van der Waals surface area contributed by atoms with Gasteiger partial charge in [0, 0.05) is 6.54 Å². The molecule has 0 aromatic carbocycles. The Bertz CT molecular complexity index is 474. The van der Waals surface area contributed by atoms with E-state index in [4.69, 9.17) is 5.73 Å². The van der Waals surface area contributed by atoms with Gasteiger partial charge in [0.25, 0.3) is 0 Å². The summed E-state index contributed by atoms with van der Waals surface area (Å²) in [5.41, 5.74) is 7.39. The molecule has 3 heteroatoms. The van der Waals surface area contributed by atoms with Crippen LogP contribution >= 0.6 is 0 Å². The van der Waals surface area contributed by atoms with Gasteiger partial charge in [0.2, 0.25) is 0 Å². The van der Waals surface area contributed by atoms with E-state index in [1.54, 1.807) is 0 Å². The minimum absolute atomic E-state index is 0.426. The first-order valence-electron chi connectivity index (χ1n) is 8.42. The largest absolute Gasteiger partial charge is 0.384 e. The summed E-state index contributed by atoms with van der Waals surface area (Å²) in [5, 5.41) is 0. The van der Waals surface area contributed by atoms with Crippen LogP contribution in [0.25, 0.3) is 0 Å². The van der Waals surface area contributed by atoms with Crippen molar-refractivity contribution in [2.45, 2.75) is 58.4 Å². The molecule has 0 unspecified atom stereocenters. The molecule has 1 aromatic heterocycles. The zero-order chi connectivity index (χ0) is 13.9. The topological polar surface area (TPSA) is 43.8 Å². The van der Waals surface area contributed by atoms with Crippen LogP contribution in [0, 0.1) is 29.6 Å². The van der Waals surface area contributed by atoms with Crippen LogP contribution in [-0.2, 0) is 6.54 Å². The van der Waals surface area contributed by atoms with Crippen LogP contribution in [0.5, 0.6) is 0 Å². The second kappa shape index (κ2) is 4.51. The summed E-state index contributed by atoms with van der Waals surface area (Å²) in [7, 11) is 0. The predicted molar refractivity (Wildman–Crippen MR) is 81.3 cm³/mol.